The number of aliphatic hydroxyl groups excluding tert-OH is 2. The van der Waals surface area contributed by atoms with Crippen molar-refractivity contribution in [1.29, 1.82) is 0 Å². The van der Waals surface area contributed by atoms with Crippen LogP contribution in [0, 0.1) is 28.6 Å². The minimum atomic E-state index is -1.58. The van der Waals surface area contributed by atoms with E-state index in [2.05, 4.69) is 28.5 Å². The van der Waals surface area contributed by atoms with Crippen LogP contribution in [0.3, 0.4) is 0 Å². The van der Waals surface area contributed by atoms with Crippen LogP contribution in [0.5, 0.6) is 0 Å². The van der Waals surface area contributed by atoms with Gasteiger partial charge in [-0.3, -0.25) is 14.6 Å². The quantitative estimate of drug-likeness (QED) is 0.400. The predicted octanol–water partition coefficient (Wildman–Crippen LogP) is 2.30. The van der Waals surface area contributed by atoms with Crippen LogP contribution in [0.15, 0.2) is 41.3 Å². The molecule has 0 radical (unpaired) electrons. The molecular formula is C29H39N3O6. The van der Waals surface area contributed by atoms with Gasteiger partial charge in [0.2, 0.25) is 0 Å². The number of rotatable bonds is 7. The second-order valence-electron chi connectivity index (χ2n) is 12.1. The number of hydrogen-bond donors (Lipinski definition) is 4. The molecule has 0 aromatic carbocycles. The fourth-order valence-electron chi connectivity index (χ4n) is 8.29. The smallest absolute Gasteiger partial charge is 0.261 e. The first-order valence-electron chi connectivity index (χ1n) is 13.7. The van der Waals surface area contributed by atoms with Crippen molar-refractivity contribution in [3.63, 3.8) is 0 Å². The van der Waals surface area contributed by atoms with Crippen LogP contribution >= 0.6 is 0 Å². The van der Waals surface area contributed by atoms with Gasteiger partial charge in [-0.05, 0) is 91.9 Å². The van der Waals surface area contributed by atoms with E-state index in [0.29, 0.717) is 25.8 Å². The van der Waals surface area contributed by atoms with Gasteiger partial charge in [0, 0.05) is 24.4 Å². The number of hydrogen-bond acceptors (Lipinski definition) is 8. The molecule has 0 saturated heterocycles. The fourth-order valence-corrected chi connectivity index (χ4v) is 8.29. The summed E-state index contributed by atoms with van der Waals surface area (Å²) in [4.78, 5) is 34.1. The molecule has 9 nitrogen and oxygen atoms in total. The SMILES string of the molecule is C[C@]12CC/C(=N\OCC(=O)NCc3ccncc3)C=C1CC[C@H]1[C@H]2[C@@H](O)C[C@@]2(C)[C@@H]1CC[C@]2(O)C(=O)CO. The van der Waals surface area contributed by atoms with Crippen molar-refractivity contribution in [1.82, 2.24) is 10.3 Å². The number of fused-ring (bicyclic) bond motifs is 5. The van der Waals surface area contributed by atoms with Crippen molar-refractivity contribution in [3.8, 4) is 0 Å². The van der Waals surface area contributed by atoms with E-state index < -0.39 is 29.5 Å². The number of ketones is 1. The number of Topliss-reactive ketones (excluding diaryl/α,β-unsaturated/α-hetero) is 1. The van der Waals surface area contributed by atoms with Crippen molar-refractivity contribution in [2.75, 3.05) is 13.2 Å². The first-order valence-corrected chi connectivity index (χ1v) is 13.7. The Bertz CT molecular complexity index is 1140. The van der Waals surface area contributed by atoms with Gasteiger partial charge in [-0.15, -0.1) is 0 Å². The Morgan fingerprint density at radius 3 is 2.68 bits per heavy atom. The summed E-state index contributed by atoms with van der Waals surface area (Å²) in [5, 5.41) is 39.4. The van der Waals surface area contributed by atoms with Crippen molar-refractivity contribution in [2.24, 2.45) is 33.7 Å². The molecule has 1 heterocycles. The van der Waals surface area contributed by atoms with Gasteiger partial charge in [0.15, 0.2) is 12.4 Å². The zero-order valence-corrected chi connectivity index (χ0v) is 22.2. The van der Waals surface area contributed by atoms with Crippen LogP contribution in [-0.4, -0.2) is 62.6 Å². The van der Waals surface area contributed by atoms with Gasteiger partial charge in [0.05, 0.1) is 11.8 Å². The molecule has 4 aliphatic carbocycles. The van der Waals surface area contributed by atoms with E-state index in [1.807, 2.05) is 19.1 Å². The molecule has 1 aromatic rings. The largest absolute Gasteiger partial charge is 0.393 e. The molecule has 3 fully saturated rings. The fraction of sp³-hybridized carbons (Fsp3) is 0.655. The summed E-state index contributed by atoms with van der Waals surface area (Å²) < 4.78 is 0. The van der Waals surface area contributed by atoms with Crippen molar-refractivity contribution >= 4 is 17.4 Å². The number of amides is 1. The van der Waals surface area contributed by atoms with E-state index in [0.717, 1.165) is 37.0 Å². The summed E-state index contributed by atoms with van der Waals surface area (Å²) in [7, 11) is 0. The normalized spacial score (nSPS) is 39.0. The van der Waals surface area contributed by atoms with Crippen molar-refractivity contribution < 1.29 is 29.7 Å². The van der Waals surface area contributed by atoms with Crippen LogP contribution in [0.25, 0.3) is 0 Å². The maximum absolute atomic E-state index is 12.6. The third-order valence-electron chi connectivity index (χ3n) is 10.3. The standard InChI is InChI=1S/C29H39N3O6/c1-27-9-5-20(32-38-17-25(36)31-15-18-7-11-30-12-8-18)13-19(27)3-4-21-22-6-10-29(37,24(35)16-33)28(22,2)14-23(34)26(21)27/h7-8,11-13,21-23,26,33-34,37H,3-6,9-10,14-17H2,1-2H3,(H,31,36)/b32-20+/t21-,22-,23+,26+,27+,28+,29+/m1/s1. The predicted molar refractivity (Wildman–Crippen MR) is 140 cm³/mol. The average Bonchev–Trinajstić information content (AvgIpc) is 3.18. The highest BCUT2D eigenvalue weighted by Gasteiger charge is 2.68. The van der Waals surface area contributed by atoms with E-state index in [1.165, 1.54) is 5.57 Å². The van der Waals surface area contributed by atoms with Gasteiger partial charge in [0.1, 0.15) is 12.2 Å². The van der Waals surface area contributed by atoms with Crippen LogP contribution < -0.4 is 5.32 Å². The average molecular weight is 526 g/mol. The molecule has 0 aliphatic heterocycles. The van der Waals surface area contributed by atoms with Crippen LogP contribution in [-0.2, 0) is 21.0 Å². The number of carbonyl (C=O) groups excluding carboxylic acids is 2. The number of nitrogens with one attached hydrogen (secondary N) is 1. The Balaban J connectivity index is 1.25. The molecule has 0 unspecified atom stereocenters. The van der Waals surface area contributed by atoms with Gasteiger partial charge in [-0.2, -0.15) is 0 Å². The lowest BCUT2D eigenvalue weighted by molar-refractivity contribution is -0.181. The zero-order chi connectivity index (χ0) is 27.1. The Morgan fingerprint density at radius 2 is 1.95 bits per heavy atom. The molecule has 206 valence electrons. The molecule has 9 heteroatoms. The van der Waals surface area contributed by atoms with Crippen LogP contribution in [0.1, 0.15) is 64.4 Å². The summed E-state index contributed by atoms with van der Waals surface area (Å²) >= 11 is 0. The maximum Gasteiger partial charge on any atom is 0.261 e. The van der Waals surface area contributed by atoms with Crippen LogP contribution in [0.4, 0.5) is 0 Å². The molecule has 4 aliphatic rings. The molecule has 1 aromatic heterocycles. The van der Waals surface area contributed by atoms with E-state index in [-0.39, 0.29) is 35.7 Å². The summed E-state index contributed by atoms with van der Waals surface area (Å²) in [5.74, 6) is -0.414. The third-order valence-corrected chi connectivity index (χ3v) is 10.3. The molecule has 38 heavy (non-hydrogen) atoms. The van der Waals surface area contributed by atoms with E-state index in [1.54, 1.807) is 12.4 Å². The molecule has 1 amide bonds. The number of nitrogens with zero attached hydrogens (tertiary/aromatic N) is 2. The number of pyridine rings is 1. The molecule has 0 bridgehead atoms. The summed E-state index contributed by atoms with van der Waals surface area (Å²) in [6, 6.07) is 3.68. The van der Waals surface area contributed by atoms with Gasteiger partial charge < -0.3 is 25.5 Å². The highest BCUT2D eigenvalue weighted by molar-refractivity contribution is 5.96. The minimum Gasteiger partial charge on any atom is -0.393 e. The Kier molecular flexibility index (Phi) is 7.22. The second-order valence-corrected chi connectivity index (χ2v) is 12.1. The number of allylic oxidation sites excluding steroid dienone is 2. The lowest BCUT2D eigenvalue weighted by Gasteiger charge is -2.60. The minimum absolute atomic E-state index is 0.0357. The van der Waals surface area contributed by atoms with Crippen LogP contribution in [0.2, 0.25) is 0 Å². The van der Waals surface area contributed by atoms with E-state index >= 15 is 0 Å². The molecule has 5 rings (SSSR count). The zero-order valence-electron chi connectivity index (χ0n) is 22.2. The van der Waals surface area contributed by atoms with Gasteiger partial charge >= 0.3 is 0 Å². The molecular weight excluding hydrogens is 486 g/mol. The van der Waals surface area contributed by atoms with E-state index in [4.69, 9.17) is 4.84 Å². The summed E-state index contributed by atoms with van der Waals surface area (Å²) in [6.07, 6.45) is 9.44. The number of oxime groups is 1. The molecule has 0 spiro atoms. The second kappa shape index (κ2) is 10.2. The third kappa shape index (κ3) is 4.38. The summed E-state index contributed by atoms with van der Waals surface area (Å²) in [6.45, 7) is 3.73. The summed E-state index contributed by atoms with van der Waals surface area (Å²) in [5.41, 5.74) is 0.487. The molecule has 4 N–H and O–H groups in total. The highest BCUT2D eigenvalue weighted by Crippen LogP contribution is 2.67. The maximum atomic E-state index is 12.6. The van der Waals surface area contributed by atoms with Gasteiger partial charge in [-0.1, -0.05) is 24.6 Å². The molecule has 7 atom stereocenters. The van der Waals surface area contributed by atoms with Gasteiger partial charge in [-0.25, -0.2) is 0 Å². The Labute approximate surface area is 223 Å². The molecule has 3 saturated carbocycles. The topological polar surface area (TPSA) is 141 Å². The first kappa shape index (κ1) is 27.0. The lowest BCUT2D eigenvalue weighted by Crippen LogP contribution is -2.62. The van der Waals surface area contributed by atoms with Gasteiger partial charge in [0.25, 0.3) is 5.91 Å². The Hall–Kier alpha value is -2.62. The number of aromatic nitrogens is 1. The lowest BCUT2D eigenvalue weighted by atomic mass is 9.45. The highest BCUT2D eigenvalue weighted by atomic mass is 16.6. The van der Waals surface area contributed by atoms with Crippen molar-refractivity contribution in [2.45, 2.75) is 77.0 Å². The monoisotopic (exact) mass is 525 g/mol. The number of carbonyl (C=O) groups is 2. The van der Waals surface area contributed by atoms with E-state index in [9.17, 15) is 24.9 Å². The first-order chi connectivity index (χ1) is 18.1. The Morgan fingerprint density at radius 1 is 1.18 bits per heavy atom. The van der Waals surface area contributed by atoms with Crippen molar-refractivity contribution in [3.05, 3.63) is 41.7 Å². The number of aliphatic hydroxyl groups is 3.